The van der Waals surface area contributed by atoms with Crippen molar-refractivity contribution < 1.29 is 9.59 Å². The summed E-state index contributed by atoms with van der Waals surface area (Å²) in [5, 5.41) is 2.85. The zero-order chi connectivity index (χ0) is 19.2. The summed E-state index contributed by atoms with van der Waals surface area (Å²) in [6, 6.07) is 14.5. The lowest BCUT2D eigenvalue weighted by atomic mass is 10.0. The van der Waals surface area contributed by atoms with E-state index in [4.69, 9.17) is 5.73 Å². The summed E-state index contributed by atoms with van der Waals surface area (Å²) in [4.78, 5) is 26.4. The van der Waals surface area contributed by atoms with E-state index in [-0.39, 0.29) is 11.8 Å². The van der Waals surface area contributed by atoms with Gasteiger partial charge in [0.15, 0.2) is 0 Å². The van der Waals surface area contributed by atoms with Gasteiger partial charge in [-0.25, -0.2) is 0 Å². The lowest BCUT2D eigenvalue weighted by molar-refractivity contribution is -0.130. The van der Waals surface area contributed by atoms with Crippen molar-refractivity contribution in [2.45, 2.75) is 38.6 Å². The molecule has 0 spiro atoms. The van der Waals surface area contributed by atoms with Crippen molar-refractivity contribution in [2.24, 2.45) is 5.73 Å². The summed E-state index contributed by atoms with van der Waals surface area (Å²) in [6.07, 6.45) is 3.48. The van der Waals surface area contributed by atoms with Gasteiger partial charge in [-0.3, -0.25) is 9.59 Å². The summed E-state index contributed by atoms with van der Waals surface area (Å²) in [5.74, 6) is -0.00948. The number of carbonyl (C=O) groups is 2. The third kappa shape index (κ3) is 5.17. The highest BCUT2D eigenvalue weighted by atomic mass is 16.2. The van der Waals surface area contributed by atoms with Crippen LogP contribution in [0.15, 0.2) is 48.5 Å². The molecule has 0 aliphatic carbocycles. The summed E-state index contributed by atoms with van der Waals surface area (Å²) in [7, 11) is 0. The van der Waals surface area contributed by atoms with Crippen LogP contribution in [0.2, 0.25) is 0 Å². The summed E-state index contributed by atoms with van der Waals surface area (Å²) < 4.78 is 0. The van der Waals surface area contributed by atoms with Gasteiger partial charge < -0.3 is 16.0 Å². The summed E-state index contributed by atoms with van der Waals surface area (Å²) >= 11 is 0. The number of nitrogens with zero attached hydrogens (tertiary/aromatic N) is 1. The fourth-order valence-electron chi connectivity index (χ4n) is 3.28. The Kier molecular flexibility index (Phi) is 6.24. The topological polar surface area (TPSA) is 75.4 Å². The summed E-state index contributed by atoms with van der Waals surface area (Å²) in [6.45, 7) is 3.78. The molecule has 2 amide bonds. The van der Waals surface area contributed by atoms with E-state index in [0.29, 0.717) is 18.5 Å². The van der Waals surface area contributed by atoms with Gasteiger partial charge in [-0.2, -0.15) is 0 Å². The normalized spacial score (nSPS) is 14.8. The number of likely N-dealkylation sites (tertiary alicyclic amines) is 1. The second-order valence-electron chi connectivity index (χ2n) is 7.16. The van der Waals surface area contributed by atoms with Gasteiger partial charge in [-0.15, -0.1) is 0 Å². The average Bonchev–Trinajstić information content (AvgIpc) is 3.22. The maximum atomic E-state index is 12.4. The largest absolute Gasteiger partial charge is 0.343 e. The highest BCUT2D eigenvalue weighted by molar-refractivity contribution is 5.95. The Morgan fingerprint density at radius 2 is 1.67 bits per heavy atom. The minimum Gasteiger partial charge on any atom is -0.343 e. The van der Waals surface area contributed by atoms with Crippen LogP contribution in [-0.2, 0) is 16.0 Å². The molecule has 3 rings (SSSR count). The van der Waals surface area contributed by atoms with Gasteiger partial charge in [-0.05, 0) is 49.4 Å². The number of aryl methyl sites for hydroxylation is 2. The minimum atomic E-state index is -0.705. The minimum absolute atomic E-state index is 0.231. The average molecular weight is 365 g/mol. The van der Waals surface area contributed by atoms with E-state index in [0.717, 1.165) is 42.6 Å². The van der Waals surface area contributed by atoms with Crippen LogP contribution < -0.4 is 11.1 Å². The molecule has 2 aromatic rings. The Morgan fingerprint density at radius 1 is 1.04 bits per heavy atom. The SMILES string of the molecule is Cc1ccc(C(N)C(=O)Nc2ccc(CCC(=O)N3CCCC3)cc2)cc1. The second-order valence-corrected chi connectivity index (χ2v) is 7.16. The van der Waals surface area contributed by atoms with E-state index in [1.54, 1.807) is 0 Å². The quantitative estimate of drug-likeness (QED) is 0.825. The molecule has 2 aromatic carbocycles. The molecule has 0 saturated carbocycles. The van der Waals surface area contributed by atoms with E-state index in [1.807, 2.05) is 60.4 Å². The van der Waals surface area contributed by atoms with Crippen LogP contribution in [-0.4, -0.2) is 29.8 Å². The molecule has 5 nitrogen and oxygen atoms in total. The van der Waals surface area contributed by atoms with Crippen LogP contribution in [0.25, 0.3) is 0 Å². The number of rotatable bonds is 6. The van der Waals surface area contributed by atoms with Gasteiger partial charge in [0.05, 0.1) is 0 Å². The van der Waals surface area contributed by atoms with E-state index < -0.39 is 6.04 Å². The molecule has 1 fully saturated rings. The Balaban J connectivity index is 1.51. The van der Waals surface area contributed by atoms with Gasteiger partial charge >= 0.3 is 0 Å². The Bertz CT molecular complexity index is 778. The molecule has 1 aliphatic heterocycles. The number of carbonyl (C=O) groups excluding carboxylic acids is 2. The molecule has 1 unspecified atom stereocenters. The number of amides is 2. The number of hydrogen-bond acceptors (Lipinski definition) is 3. The first kappa shape index (κ1) is 19.1. The second kappa shape index (κ2) is 8.82. The van der Waals surface area contributed by atoms with Crippen LogP contribution in [0.4, 0.5) is 5.69 Å². The molecule has 5 heteroatoms. The first-order valence-corrected chi connectivity index (χ1v) is 9.52. The van der Waals surface area contributed by atoms with Crippen LogP contribution in [0, 0.1) is 6.92 Å². The predicted molar refractivity (Wildman–Crippen MR) is 107 cm³/mol. The monoisotopic (exact) mass is 365 g/mol. The lowest BCUT2D eigenvalue weighted by Crippen LogP contribution is -2.28. The standard InChI is InChI=1S/C22H27N3O2/c1-16-4-9-18(10-5-16)21(23)22(27)24-19-11-6-17(7-12-19)8-13-20(26)25-14-2-3-15-25/h4-7,9-12,21H,2-3,8,13-15,23H2,1H3,(H,24,27). The highest BCUT2D eigenvalue weighted by Crippen LogP contribution is 2.17. The Morgan fingerprint density at radius 3 is 2.30 bits per heavy atom. The van der Waals surface area contributed by atoms with Gasteiger partial charge in [0.25, 0.3) is 0 Å². The zero-order valence-corrected chi connectivity index (χ0v) is 15.8. The zero-order valence-electron chi connectivity index (χ0n) is 15.8. The van der Waals surface area contributed by atoms with Crippen molar-refractivity contribution >= 4 is 17.5 Å². The van der Waals surface area contributed by atoms with Gasteiger partial charge in [0.1, 0.15) is 6.04 Å². The van der Waals surface area contributed by atoms with Crippen molar-refractivity contribution in [1.82, 2.24) is 4.90 Å². The fourth-order valence-corrected chi connectivity index (χ4v) is 3.28. The number of anilines is 1. The van der Waals surface area contributed by atoms with E-state index in [2.05, 4.69) is 5.32 Å². The predicted octanol–water partition coefficient (Wildman–Crippen LogP) is 3.19. The smallest absolute Gasteiger partial charge is 0.245 e. The van der Waals surface area contributed by atoms with E-state index >= 15 is 0 Å². The van der Waals surface area contributed by atoms with Crippen LogP contribution in [0.5, 0.6) is 0 Å². The van der Waals surface area contributed by atoms with Crippen molar-refractivity contribution in [3.8, 4) is 0 Å². The molecule has 1 heterocycles. The Labute approximate surface area is 160 Å². The van der Waals surface area contributed by atoms with Crippen molar-refractivity contribution in [3.63, 3.8) is 0 Å². The first-order valence-electron chi connectivity index (χ1n) is 9.52. The molecular weight excluding hydrogens is 338 g/mol. The van der Waals surface area contributed by atoms with Gasteiger partial charge in [0, 0.05) is 25.2 Å². The molecule has 3 N–H and O–H groups in total. The molecule has 0 bridgehead atoms. The Hall–Kier alpha value is -2.66. The van der Waals surface area contributed by atoms with E-state index in [9.17, 15) is 9.59 Å². The lowest BCUT2D eigenvalue weighted by Gasteiger charge is -2.15. The number of benzene rings is 2. The fraction of sp³-hybridized carbons (Fsp3) is 0.364. The highest BCUT2D eigenvalue weighted by Gasteiger charge is 2.18. The van der Waals surface area contributed by atoms with Gasteiger partial charge in [-0.1, -0.05) is 42.0 Å². The molecule has 0 radical (unpaired) electrons. The molecule has 1 saturated heterocycles. The molecular formula is C22H27N3O2. The van der Waals surface area contributed by atoms with E-state index in [1.165, 1.54) is 0 Å². The van der Waals surface area contributed by atoms with Crippen molar-refractivity contribution in [3.05, 3.63) is 65.2 Å². The van der Waals surface area contributed by atoms with Crippen molar-refractivity contribution in [2.75, 3.05) is 18.4 Å². The molecule has 0 aromatic heterocycles. The van der Waals surface area contributed by atoms with Crippen LogP contribution >= 0.6 is 0 Å². The number of nitrogens with one attached hydrogen (secondary N) is 1. The van der Waals surface area contributed by atoms with Crippen molar-refractivity contribution in [1.29, 1.82) is 0 Å². The third-order valence-electron chi connectivity index (χ3n) is 5.03. The maximum Gasteiger partial charge on any atom is 0.245 e. The van der Waals surface area contributed by atoms with Crippen LogP contribution in [0.1, 0.15) is 42.0 Å². The first-order chi connectivity index (χ1) is 13.0. The molecule has 27 heavy (non-hydrogen) atoms. The van der Waals surface area contributed by atoms with Crippen LogP contribution in [0.3, 0.4) is 0 Å². The maximum absolute atomic E-state index is 12.4. The molecule has 1 atom stereocenters. The number of hydrogen-bond donors (Lipinski definition) is 2. The van der Waals surface area contributed by atoms with Gasteiger partial charge in [0.2, 0.25) is 11.8 Å². The molecule has 1 aliphatic rings. The number of nitrogens with two attached hydrogens (primary N) is 1. The molecule has 142 valence electrons. The summed E-state index contributed by atoms with van der Waals surface area (Å²) in [5.41, 5.74) is 9.76. The third-order valence-corrected chi connectivity index (χ3v) is 5.03.